The lowest BCUT2D eigenvalue weighted by atomic mass is 10.1. The van der Waals surface area contributed by atoms with Crippen molar-refractivity contribution < 1.29 is 14.3 Å². The van der Waals surface area contributed by atoms with Gasteiger partial charge < -0.3 is 14.4 Å². The van der Waals surface area contributed by atoms with Gasteiger partial charge >= 0.3 is 0 Å². The molecule has 0 spiro atoms. The standard InChI is InChI=1S/C22H25N5O3/c1-25-7-9-26(10-8-25)15-17(28)14-21-23-22-4-2-3-18(27(22)24-21)16-5-6-19-20(13-16)30-12-11-29-19/h2-6,13H,7-12,14-15H2,1H3. The first-order valence-corrected chi connectivity index (χ1v) is 10.3. The Kier molecular flexibility index (Phi) is 5.10. The number of carbonyl (C=O) groups excluding carboxylic acids is 1. The van der Waals surface area contributed by atoms with Gasteiger partial charge in [-0.15, -0.1) is 0 Å². The van der Waals surface area contributed by atoms with Crippen LogP contribution in [0.4, 0.5) is 0 Å². The molecule has 0 aliphatic carbocycles. The molecule has 0 bridgehead atoms. The van der Waals surface area contributed by atoms with E-state index in [4.69, 9.17) is 9.47 Å². The largest absolute Gasteiger partial charge is 0.486 e. The van der Waals surface area contributed by atoms with E-state index in [1.165, 1.54) is 0 Å². The molecule has 30 heavy (non-hydrogen) atoms. The first kappa shape index (κ1) is 19.0. The molecule has 0 amide bonds. The number of benzene rings is 1. The van der Waals surface area contributed by atoms with Crippen molar-refractivity contribution in [3.63, 3.8) is 0 Å². The number of hydrogen-bond acceptors (Lipinski definition) is 7. The number of fused-ring (bicyclic) bond motifs is 2. The van der Waals surface area contributed by atoms with Gasteiger partial charge in [-0.1, -0.05) is 6.07 Å². The average Bonchev–Trinajstić information content (AvgIpc) is 3.17. The number of pyridine rings is 1. The van der Waals surface area contributed by atoms with Crippen LogP contribution < -0.4 is 9.47 Å². The maximum absolute atomic E-state index is 12.6. The monoisotopic (exact) mass is 407 g/mol. The zero-order valence-electron chi connectivity index (χ0n) is 17.1. The zero-order chi connectivity index (χ0) is 20.5. The summed E-state index contributed by atoms with van der Waals surface area (Å²) in [7, 11) is 2.11. The van der Waals surface area contributed by atoms with Gasteiger partial charge in [-0.2, -0.15) is 5.10 Å². The van der Waals surface area contributed by atoms with E-state index in [1.807, 2.05) is 36.4 Å². The fraction of sp³-hybridized carbons (Fsp3) is 0.409. The lowest BCUT2D eigenvalue weighted by molar-refractivity contribution is -0.120. The lowest BCUT2D eigenvalue weighted by Gasteiger charge is -2.31. The number of piperazine rings is 1. The van der Waals surface area contributed by atoms with Crippen molar-refractivity contribution in [2.45, 2.75) is 6.42 Å². The SMILES string of the molecule is CN1CCN(CC(=O)Cc2nc3cccc(-c4ccc5c(c4)OCCO5)n3n2)CC1. The molecule has 8 nitrogen and oxygen atoms in total. The van der Waals surface area contributed by atoms with Gasteiger partial charge in [0, 0.05) is 31.7 Å². The van der Waals surface area contributed by atoms with E-state index in [2.05, 4.69) is 26.9 Å². The summed E-state index contributed by atoms with van der Waals surface area (Å²) in [5.74, 6) is 2.19. The van der Waals surface area contributed by atoms with Gasteiger partial charge in [0.2, 0.25) is 0 Å². The van der Waals surface area contributed by atoms with Gasteiger partial charge in [-0.05, 0) is 37.4 Å². The lowest BCUT2D eigenvalue weighted by Crippen LogP contribution is -2.46. The van der Waals surface area contributed by atoms with Gasteiger partial charge in [0.25, 0.3) is 0 Å². The molecule has 8 heteroatoms. The molecule has 5 rings (SSSR count). The molecule has 2 aliphatic rings. The Hall–Kier alpha value is -2.97. The number of ketones is 1. The fourth-order valence-corrected chi connectivity index (χ4v) is 3.93. The van der Waals surface area contributed by atoms with Crippen molar-refractivity contribution in [1.29, 1.82) is 0 Å². The summed E-state index contributed by atoms with van der Waals surface area (Å²) in [6.07, 6.45) is 0.245. The van der Waals surface area contributed by atoms with Crippen LogP contribution >= 0.6 is 0 Å². The maximum Gasteiger partial charge on any atom is 0.162 e. The first-order chi connectivity index (χ1) is 14.7. The molecule has 2 aliphatic heterocycles. The number of ether oxygens (including phenoxy) is 2. The third-order valence-corrected chi connectivity index (χ3v) is 5.59. The maximum atomic E-state index is 12.6. The molecule has 1 saturated heterocycles. The van der Waals surface area contributed by atoms with Gasteiger partial charge in [0.1, 0.15) is 13.2 Å². The molecule has 0 N–H and O–H groups in total. The second-order valence-electron chi connectivity index (χ2n) is 7.86. The number of rotatable bonds is 5. The van der Waals surface area contributed by atoms with Crippen LogP contribution in [0.1, 0.15) is 5.82 Å². The molecule has 4 heterocycles. The Bertz CT molecular complexity index is 1070. The van der Waals surface area contributed by atoms with Gasteiger partial charge in [0.05, 0.1) is 18.7 Å². The third kappa shape index (κ3) is 3.88. The Morgan fingerprint density at radius 2 is 1.83 bits per heavy atom. The third-order valence-electron chi connectivity index (χ3n) is 5.59. The molecule has 1 fully saturated rings. The van der Waals surface area contributed by atoms with Crippen LogP contribution in [-0.2, 0) is 11.2 Å². The summed E-state index contributed by atoms with van der Waals surface area (Å²) >= 11 is 0. The van der Waals surface area contributed by atoms with E-state index in [0.29, 0.717) is 25.6 Å². The normalized spacial score (nSPS) is 17.4. The molecule has 2 aromatic heterocycles. The molecule has 1 aromatic carbocycles. The van der Waals surface area contributed by atoms with Crippen molar-refractivity contribution >= 4 is 11.4 Å². The molecular formula is C22H25N5O3. The molecule has 0 unspecified atom stereocenters. The quantitative estimate of drug-likeness (QED) is 0.635. The number of hydrogen-bond donors (Lipinski definition) is 0. The van der Waals surface area contributed by atoms with Crippen LogP contribution in [0.3, 0.4) is 0 Å². The van der Waals surface area contributed by atoms with E-state index in [0.717, 1.165) is 54.6 Å². The van der Waals surface area contributed by atoms with E-state index in [9.17, 15) is 4.79 Å². The van der Waals surface area contributed by atoms with Gasteiger partial charge in [-0.25, -0.2) is 9.50 Å². The second-order valence-corrected chi connectivity index (χ2v) is 7.86. The highest BCUT2D eigenvalue weighted by Gasteiger charge is 2.19. The summed E-state index contributed by atoms with van der Waals surface area (Å²) in [6.45, 7) is 5.42. The van der Waals surface area contributed by atoms with Crippen molar-refractivity contribution in [3.05, 3.63) is 42.2 Å². The van der Waals surface area contributed by atoms with E-state index < -0.39 is 0 Å². The Morgan fingerprint density at radius 1 is 1.03 bits per heavy atom. The average molecular weight is 407 g/mol. The van der Waals surface area contributed by atoms with Gasteiger partial charge in [-0.3, -0.25) is 9.69 Å². The number of likely N-dealkylation sites (N-methyl/N-ethyl adjacent to an activating group) is 1. The molecule has 3 aromatic rings. The Morgan fingerprint density at radius 3 is 2.67 bits per heavy atom. The molecule has 156 valence electrons. The van der Waals surface area contributed by atoms with Gasteiger partial charge in [0.15, 0.2) is 28.8 Å². The van der Waals surface area contributed by atoms with Crippen molar-refractivity contribution in [1.82, 2.24) is 24.4 Å². The van der Waals surface area contributed by atoms with Crippen molar-refractivity contribution in [2.75, 3.05) is 53.0 Å². The summed E-state index contributed by atoms with van der Waals surface area (Å²) in [5.41, 5.74) is 2.59. The predicted molar refractivity (Wildman–Crippen MR) is 112 cm³/mol. The topological polar surface area (TPSA) is 72.2 Å². The molecule has 0 saturated carbocycles. The minimum absolute atomic E-state index is 0.149. The summed E-state index contributed by atoms with van der Waals surface area (Å²) < 4.78 is 13.1. The highest BCUT2D eigenvalue weighted by atomic mass is 16.6. The van der Waals surface area contributed by atoms with Crippen LogP contribution in [0.15, 0.2) is 36.4 Å². The minimum Gasteiger partial charge on any atom is -0.486 e. The second kappa shape index (κ2) is 8.04. The zero-order valence-corrected chi connectivity index (χ0v) is 17.1. The van der Waals surface area contributed by atoms with Crippen molar-refractivity contribution in [3.8, 4) is 22.8 Å². The number of carbonyl (C=O) groups is 1. The van der Waals surface area contributed by atoms with Crippen LogP contribution in [0, 0.1) is 0 Å². The first-order valence-electron chi connectivity index (χ1n) is 10.3. The van der Waals surface area contributed by atoms with E-state index in [1.54, 1.807) is 4.52 Å². The van der Waals surface area contributed by atoms with E-state index in [-0.39, 0.29) is 12.2 Å². The Labute approximate surface area is 175 Å². The molecular weight excluding hydrogens is 382 g/mol. The highest BCUT2D eigenvalue weighted by Crippen LogP contribution is 2.34. The summed E-state index contributed by atoms with van der Waals surface area (Å²) in [6, 6.07) is 11.7. The van der Waals surface area contributed by atoms with E-state index >= 15 is 0 Å². The Balaban J connectivity index is 1.35. The van der Waals surface area contributed by atoms with Crippen LogP contribution in [0.2, 0.25) is 0 Å². The molecule has 0 atom stereocenters. The van der Waals surface area contributed by atoms with Crippen LogP contribution in [0.5, 0.6) is 11.5 Å². The fourth-order valence-electron chi connectivity index (χ4n) is 3.93. The highest BCUT2D eigenvalue weighted by molar-refractivity contribution is 5.82. The van der Waals surface area contributed by atoms with Crippen LogP contribution in [-0.4, -0.2) is 83.2 Å². The molecule has 0 radical (unpaired) electrons. The summed E-state index contributed by atoms with van der Waals surface area (Å²) in [4.78, 5) is 21.6. The summed E-state index contributed by atoms with van der Waals surface area (Å²) in [5, 5.41) is 4.63. The number of aromatic nitrogens is 3. The number of Topliss-reactive ketones (excluding diaryl/α,β-unsaturated/α-hetero) is 1. The van der Waals surface area contributed by atoms with Crippen LogP contribution in [0.25, 0.3) is 16.9 Å². The van der Waals surface area contributed by atoms with Crippen molar-refractivity contribution in [2.24, 2.45) is 0 Å². The smallest absolute Gasteiger partial charge is 0.162 e. The predicted octanol–water partition coefficient (Wildman–Crippen LogP) is 1.53. The minimum atomic E-state index is 0.149. The number of nitrogens with zero attached hydrogens (tertiary/aromatic N) is 5.